The molecule has 0 heterocycles. The summed E-state index contributed by atoms with van der Waals surface area (Å²) >= 11 is 0. The van der Waals surface area contributed by atoms with Gasteiger partial charge in [0.25, 0.3) is 0 Å². The van der Waals surface area contributed by atoms with E-state index in [4.69, 9.17) is 5.14 Å². The van der Waals surface area contributed by atoms with Crippen LogP contribution in [0.15, 0.2) is 53.4 Å². The molecule has 0 aliphatic heterocycles. The summed E-state index contributed by atoms with van der Waals surface area (Å²) in [6, 6.07) is 13.9. The molecule has 27 heavy (non-hydrogen) atoms. The predicted octanol–water partition coefficient (Wildman–Crippen LogP) is 3.43. The Bertz CT molecular complexity index is 832. The lowest BCUT2D eigenvalue weighted by Gasteiger charge is -2.09. The van der Waals surface area contributed by atoms with Crippen LogP contribution in [0.1, 0.15) is 37.3 Å². The van der Waals surface area contributed by atoms with Gasteiger partial charge in [-0.1, -0.05) is 44.0 Å². The average Bonchev–Trinajstić information content (AvgIpc) is 2.63. The summed E-state index contributed by atoms with van der Waals surface area (Å²) in [4.78, 5) is 12.0. The SMILES string of the molecule is CCCCCc1ccc(NC(=O)NCCc2ccc(S(N)(=O)=O)cc2)cc1. The summed E-state index contributed by atoms with van der Waals surface area (Å²) in [5.74, 6) is 0. The molecule has 2 aromatic rings. The Morgan fingerprint density at radius 2 is 1.52 bits per heavy atom. The molecule has 6 nitrogen and oxygen atoms in total. The molecule has 0 aliphatic rings. The van der Waals surface area contributed by atoms with E-state index in [1.165, 1.54) is 37.0 Å². The maximum Gasteiger partial charge on any atom is 0.319 e. The van der Waals surface area contributed by atoms with Gasteiger partial charge < -0.3 is 10.6 Å². The van der Waals surface area contributed by atoms with E-state index in [1.807, 2.05) is 24.3 Å². The number of unbranched alkanes of at least 4 members (excludes halogenated alkanes) is 2. The Morgan fingerprint density at radius 1 is 0.926 bits per heavy atom. The molecule has 0 radical (unpaired) electrons. The van der Waals surface area contributed by atoms with Crippen LogP contribution in [0.4, 0.5) is 10.5 Å². The molecule has 0 spiro atoms. The Labute approximate surface area is 161 Å². The first-order valence-electron chi connectivity index (χ1n) is 9.14. The molecule has 2 amide bonds. The van der Waals surface area contributed by atoms with Gasteiger partial charge in [-0.05, 0) is 54.7 Å². The Kier molecular flexibility index (Phi) is 7.82. The molecule has 0 aromatic heterocycles. The second-order valence-electron chi connectivity index (χ2n) is 6.47. The molecule has 0 aliphatic carbocycles. The van der Waals surface area contributed by atoms with E-state index in [9.17, 15) is 13.2 Å². The highest BCUT2D eigenvalue weighted by Crippen LogP contribution is 2.12. The minimum atomic E-state index is -3.68. The highest BCUT2D eigenvalue weighted by molar-refractivity contribution is 7.89. The second-order valence-corrected chi connectivity index (χ2v) is 8.04. The van der Waals surface area contributed by atoms with Crippen molar-refractivity contribution in [3.8, 4) is 0 Å². The molecule has 0 saturated heterocycles. The number of aryl methyl sites for hydroxylation is 1. The third-order valence-electron chi connectivity index (χ3n) is 4.23. The lowest BCUT2D eigenvalue weighted by molar-refractivity contribution is 0.252. The third-order valence-corrected chi connectivity index (χ3v) is 5.16. The summed E-state index contributed by atoms with van der Waals surface area (Å²) in [5.41, 5.74) is 2.95. The number of sulfonamides is 1. The van der Waals surface area contributed by atoms with Gasteiger partial charge >= 0.3 is 6.03 Å². The normalized spacial score (nSPS) is 11.2. The van der Waals surface area contributed by atoms with Crippen molar-refractivity contribution in [2.24, 2.45) is 5.14 Å². The van der Waals surface area contributed by atoms with Gasteiger partial charge in [0.1, 0.15) is 0 Å². The first-order valence-corrected chi connectivity index (χ1v) is 10.7. The number of rotatable bonds is 9. The van der Waals surface area contributed by atoms with Gasteiger partial charge in [0.2, 0.25) is 10.0 Å². The van der Waals surface area contributed by atoms with Crippen LogP contribution in [0.3, 0.4) is 0 Å². The molecule has 0 atom stereocenters. The smallest absolute Gasteiger partial charge is 0.319 e. The van der Waals surface area contributed by atoms with Crippen molar-refractivity contribution in [1.82, 2.24) is 5.32 Å². The number of nitrogens with one attached hydrogen (secondary N) is 2. The predicted molar refractivity (Wildman–Crippen MR) is 108 cm³/mol. The molecule has 2 rings (SSSR count). The van der Waals surface area contributed by atoms with Crippen LogP contribution >= 0.6 is 0 Å². The van der Waals surface area contributed by atoms with Gasteiger partial charge in [-0.15, -0.1) is 0 Å². The number of hydrogen-bond acceptors (Lipinski definition) is 3. The standard InChI is InChI=1S/C20H27N3O3S/c1-2-3-4-5-16-6-10-18(11-7-16)23-20(24)22-15-14-17-8-12-19(13-9-17)27(21,25)26/h6-13H,2-5,14-15H2,1H3,(H2,21,25,26)(H2,22,23,24). The zero-order chi connectivity index (χ0) is 19.7. The van der Waals surface area contributed by atoms with Gasteiger partial charge in [0.15, 0.2) is 0 Å². The number of benzene rings is 2. The fraction of sp³-hybridized carbons (Fsp3) is 0.350. The van der Waals surface area contributed by atoms with E-state index < -0.39 is 10.0 Å². The van der Waals surface area contributed by atoms with Crippen molar-refractivity contribution in [3.05, 3.63) is 59.7 Å². The molecule has 4 N–H and O–H groups in total. The number of amides is 2. The van der Waals surface area contributed by atoms with E-state index in [0.29, 0.717) is 13.0 Å². The second kappa shape index (κ2) is 10.1. The summed E-state index contributed by atoms with van der Waals surface area (Å²) in [5, 5.41) is 10.7. The molecule has 7 heteroatoms. The maximum absolute atomic E-state index is 12.0. The minimum absolute atomic E-state index is 0.0788. The Balaban J connectivity index is 1.74. The van der Waals surface area contributed by atoms with Crippen molar-refractivity contribution < 1.29 is 13.2 Å². The zero-order valence-corrected chi connectivity index (χ0v) is 16.4. The quantitative estimate of drug-likeness (QED) is 0.573. The first kappa shape index (κ1) is 20.9. The maximum atomic E-state index is 12.0. The summed E-state index contributed by atoms with van der Waals surface area (Å²) < 4.78 is 22.4. The number of carbonyl (C=O) groups is 1. The fourth-order valence-corrected chi connectivity index (χ4v) is 3.19. The van der Waals surface area contributed by atoms with Crippen LogP contribution in [0.2, 0.25) is 0 Å². The highest BCUT2D eigenvalue weighted by atomic mass is 32.2. The van der Waals surface area contributed by atoms with Crippen LogP contribution in [-0.2, 0) is 22.9 Å². The Hall–Kier alpha value is -2.38. The highest BCUT2D eigenvalue weighted by Gasteiger charge is 2.07. The molecule has 0 fully saturated rings. The van der Waals surface area contributed by atoms with Crippen LogP contribution in [0, 0.1) is 0 Å². The van der Waals surface area contributed by atoms with Gasteiger partial charge in [0, 0.05) is 12.2 Å². The zero-order valence-electron chi connectivity index (χ0n) is 15.6. The van der Waals surface area contributed by atoms with Crippen molar-refractivity contribution in [2.75, 3.05) is 11.9 Å². The monoisotopic (exact) mass is 389 g/mol. The van der Waals surface area contributed by atoms with Gasteiger partial charge in [-0.25, -0.2) is 18.4 Å². The lowest BCUT2D eigenvalue weighted by atomic mass is 10.1. The van der Waals surface area contributed by atoms with E-state index in [1.54, 1.807) is 12.1 Å². The van der Waals surface area contributed by atoms with Crippen LogP contribution in [0.5, 0.6) is 0 Å². The van der Waals surface area contributed by atoms with E-state index in [2.05, 4.69) is 17.6 Å². The van der Waals surface area contributed by atoms with Crippen LogP contribution in [0.25, 0.3) is 0 Å². The van der Waals surface area contributed by atoms with E-state index >= 15 is 0 Å². The van der Waals surface area contributed by atoms with Crippen molar-refractivity contribution in [3.63, 3.8) is 0 Å². The molecule has 0 bridgehead atoms. The van der Waals surface area contributed by atoms with Crippen molar-refractivity contribution in [1.29, 1.82) is 0 Å². The molecular weight excluding hydrogens is 362 g/mol. The third kappa shape index (κ3) is 7.40. The molecule has 2 aromatic carbocycles. The van der Waals surface area contributed by atoms with Crippen LogP contribution in [-0.4, -0.2) is 21.0 Å². The minimum Gasteiger partial charge on any atom is -0.338 e. The largest absolute Gasteiger partial charge is 0.338 e. The Morgan fingerprint density at radius 3 is 2.11 bits per heavy atom. The fourth-order valence-electron chi connectivity index (χ4n) is 2.68. The molecule has 146 valence electrons. The van der Waals surface area contributed by atoms with Gasteiger partial charge in [-0.3, -0.25) is 0 Å². The first-order chi connectivity index (χ1) is 12.9. The summed E-state index contributed by atoms with van der Waals surface area (Å²) in [6.07, 6.45) is 5.27. The number of hydrogen-bond donors (Lipinski definition) is 3. The van der Waals surface area contributed by atoms with Crippen LogP contribution < -0.4 is 15.8 Å². The molecule has 0 saturated carbocycles. The number of anilines is 1. The van der Waals surface area contributed by atoms with Gasteiger partial charge in [0.05, 0.1) is 4.90 Å². The molecule has 0 unspecified atom stereocenters. The number of urea groups is 1. The van der Waals surface area contributed by atoms with E-state index in [-0.39, 0.29) is 10.9 Å². The van der Waals surface area contributed by atoms with Crippen molar-refractivity contribution in [2.45, 2.75) is 43.9 Å². The topological polar surface area (TPSA) is 101 Å². The summed E-state index contributed by atoms with van der Waals surface area (Å²) in [6.45, 7) is 2.63. The van der Waals surface area contributed by atoms with E-state index in [0.717, 1.165) is 17.7 Å². The van der Waals surface area contributed by atoms with Crippen molar-refractivity contribution >= 4 is 21.7 Å². The number of carbonyl (C=O) groups excluding carboxylic acids is 1. The lowest BCUT2D eigenvalue weighted by Crippen LogP contribution is -2.30. The summed E-state index contributed by atoms with van der Waals surface area (Å²) in [7, 11) is -3.68. The molecular formula is C20H27N3O3S. The number of nitrogens with two attached hydrogens (primary N) is 1. The van der Waals surface area contributed by atoms with Gasteiger partial charge in [-0.2, -0.15) is 0 Å². The average molecular weight is 390 g/mol. The number of primary sulfonamides is 1.